The first kappa shape index (κ1) is 77.6. The average molecular weight is 1120 g/mol. The second-order valence-corrected chi connectivity index (χ2v) is 23.9. The maximum absolute atomic E-state index is 6.98. The van der Waals surface area contributed by atoms with Crippen molar-refractivity contribution in [2.75, 3.05) is 40.0 Å². The molecule has 7 nitrogen and oxygen atoms in total. The van der Waals surface area contributed by atoms with Crippen molar-refractivity contribution in [3.05, 3.63) is 23.0 Å². The van der Waals surface area contributed by atoms with Crippen LogP contribution in [0.1, 0.15) is 389 Å². The van der Waals surface area contributed by atoms with Crippen LogP contribution in [0.5, 0.6) is 0 Å². The zero-order valence-corrected chi connectivity index (χ0v) is 55.0. The Morgan fingerprint density at radius 2 is 0.443 bits per heavy atom. The molecule has 79 heavy (non-hydrogen) atoms. The summed E-state index contributed by atoms with van der Waals surface area (Å²) in [6, 6.07) is 0. The van der Waals surface area contributed by atoms with E-state index in [1.165, 1.54) is 257 Å². The van der Waals surface area contributed by atoms with E-state index in [-0.39, 0.29) is 25.8 Å². The van der Waals surface area contributed by atoms with Gasteiger partial charge in [-0.1, -0.05) is 325 Å². The molecule has 2 atom stereocenters. The first-order chi connectivity index (χ1) is 39.1. The molecule has 0 aliphatic rings. The molecule has 0 saturated heterocycles. The predicted octanol–water partition coefficient (Wildman–Crippen LogP) is 24.6. The highest BCUT2D eigenvalue weighted by Crippen LogP contribution is 2.29. The van der Waals surface area contributed by atoms with Crippen molar-refractivity contribution >= 4 is 0 Å². The first-order valence-corrected chi connectivity index (χ1v) is 35.9. The Morgan fingerprint density at radius 3 is 0.709 bits per heavy atom. The van der Waals surface area contributed by atoms with E-state index < -0.39 is 0 Å². The van der Waals surface area contributed by atoms with E-state index in [1.54, 1.807) is 0 Å². The number of rotatable bonds is 68. The Hall–Kier alpha value is -1.44. The number of hydrogen-bond donors (Lipinski definition) is 0. The van der Waals surface area contributed by atoms with Crippen LogP contribution in [0.3, 0.4) is 0 Å². The van der Waals surface area contributed by atoms with Crippen molar-refractivity contribution in [1.82, 2.24) is 0 Å². The Morgan fingerprint density at radius 1 is 0.228 bits per heavy atom. The molecule has 0 saturated carbocycles. The second-order valence-electron chi connectivity index (χ2n) is 23.9. The lowest BCUT2D eigenvalue weighted by molar-refractivity contribution is -0.167. The van der Waals surface area contributed by atoms with Gasteiger partial charge in [0.2, 0.25) is 0 Å². The van der Waals surface area contributed by atoms with Gasteiger partial charge in [-0.15, -0.1) is 0 Å². The van der Waals surface area contributed by atoms with E-state index in [2.05, 4.69) is 55.4 Å². The minimum absolute atomic E-state index is 0.143. The summed E-state index contributed by atoms with van der Waals surface area (Å²) in [6.45, 7) is 21.6. The lowest BCUT2D eigenvalue weighted by Gasteiger charge is -2.26. The number of ether oxygens (including phenoxy) is 7. The van der Waals surface area contributed by atoms with Crippen LogP contribution in [-0.2, 0) is 33.2 Å². The number of unbranched alkanes of at least 4 members (excludes halogenated alkanes) is 40. The normalized spacial score (nSPS) is 13.2. The van der Waals surface area contributed by atoms with Crippen LogP contribution < -0.4 is 0 Å². The van der Waals surface area contributed by atoms with Crippen LogP contribution >= 0.6 is 0 Å². The summed E-state index contributed by atoms with van der Waals surface area (Å²) in [4.78, 5) is 0. The zero-order valence-electron chi connectivity index (χ0n) is 55.0. The van der Waals surface area contributed by atoms with Crippen molar-refractivity contribution in [3.8, 4) is 0 Å². The molecule has 0 N–H and O–H groups in total. The minimum atomic E-state index is -0.222. The topological polar surface area (TPSA) is 64.6 Å². The Kier molecular flexibility index (Phi) is 64.5. The molecule has 0 aromatic carbocycles. The SMILES string of the molecule is CCCCCCCCCCOC(CCCCC)=C(OCCCCCCCCCC)C(CCCCCCC)OCOCOC(CCCCCCC)C(OCCCCCCCCCC)=C(CCCCC)OCCCCCCCCCC. The smallest absolute Gasteiger partial charge is 0.162 e. The lowest BCUT2D eigenvalue weighted by atomic mass is 10.0. The van der Waals surface area contributed by atoms with Crippen LogP contribution in [0.25, 0.3) is 0 Å². The molecule has 0 aromatic rings. The summed E-state index contributed by atoms with van der Waals surface area (Å²) in [5.74, 6) is 3.93. The molecule has 0 amide bonds. The maximum Gasteiger partial charge on any atom is 0.162 e. The molecule has 0 aliphatic heterocycles. The fourth-order valence-electron chi connectivity index (χ4n) is 10.8. The van der Waals surface area contributed by atoms with Gasteiger partial charge in [0.1, 0.15) is 23.7 Å². The van der Waals surface area contributed by atoms with E-state index in [0.717, 1.165) is 113 Å². The highest BCUT2D eigenvalue weighted by atomic mass is 16.7. The van der Waals surface area contributed by atoms with Crippen molar-refractivity contribution in [3.63, 3.8) is 0 Å². The standard InChI is InChI=1S/C72H142O7/c1-9-17-25-31-35-39-45-53-61-74-67(57-49-23-15-7)71(76-63-55-47-41-37-33-27-19-11-3)69(59-51-43-29-21-13-5)78-65-73-66-79-70(60-52-44-30-22-14-6)72(77-64-56-48-42-38-34-28-20-12-4)68(58-50-24-16-8)75-62-54-46-40-36-32-26-18-10-2/h69-70H,9-66H2,1-8H3. The van der Waals surface area contributed by atoms with Gasteiger partial charge in [-0.25, -0.2) is 0 Å². The van der Waals surface area contributed by atoms with Gasteiger partial charge in [-0.3, -0.25) is 0 Å². The van der Waals surface area contributed by atoms with Crippen LogP contribution in [0.4, 0.5) is 0 Å². The van der Waals surface area contributed by atoms with E-state index in [4.69, 9.17) is 33.2 Å². The highest BCUT2D eigenvalue weighted by molar-refractivity contribution is 5.09. The summed E-state index contributed by atoms with van der Waals surface area (Å²) in [5, 5.41) is 0. The molecule has 2 unspecified atom stereocenters. The molecule has 0 rings (SSSR count). The molecule has 0 aromatic heterocycles. The van der Waals surface area contributed by atoms with E-state index in [1.807, 2.05) is 0 Å². The second kappa shape index (κ2) is 65.7. The van der Waals surface area contributed by atoms with Gasteiger partial charge in [0.05, 0.1) is 26.4 Å². The van der Waals surface area contributed by atoms with Gasteiger partial charge in [0.25, 0.3) is 0 Å². The van der Waals surface area contributed by atoms with Gasteiger partial charge in [-0.2, -0.15) is 0 Å². The third-order valence-electron chi connectivity index (χ3n) is 16.1. The third-order valence-corrected chi connectivity index (χ3v) is 16.1. The van der Waals surface area contributed by atoms with E-state index in [9.17, 15) is 0 Å². The largest absolute Gasteiger partial charge is 0.494 e. The monoisotopic (exact) mass is 1120 g/mol. The summed E-state index contributed by atoms with van der Waals surface area (Å²) in [6.07, 6.45) is 63.3. The lowest BCUT2D eigenvalue weighted by Crippen LogP contribution is -2.25. The van der Waals surface area contributed by atoms with E-state index in [0.29, 0.717) is 13.2 Å². The third kappa shape index (κ3) is 51.9. The van der Waals surface area contributed by atoms with Gasteiger partial charge < -0.3 is 33.2 Å². The molecule has 0 aliphatic carbocycles. The Balaban J connectivity index is 6.74. The van der Waals surface area contributed by atoms with Crippen molar-refractivity contribution in [2.45, 2.75) is 401 Å². The predicted molar refractivity (Wildman–Crippen MR) is 344 cm³/mol. The molecule has 0 fully saturated rings. The molecule has 0 heterocycles. The molecule has 472 valence electrons. The number of hydrogen-bond acceptors (Lipinski definition) is 7. The van der Waals surface area contributed by atoms with Gasteiger partial charge in [0, 0.05) is 12.8 Å². The summed E-state index contributed by atoms with van der Waals surface area (Å²) in [5.41, 5.74) is 0. The van der Waals surface area contributed by atoms with Crippen molar-refractivity contribution in [2.24, 2.45) is 0 Å². The van der Waals surface area contributed by atoms with Crippen LogP contribution in [0.15, 0.2) is 23.0 Å². The van der Waals surface area contributed by atoms with Gasteiger partial charge in [0.15, 0.2) is 25.1 Å². The van der Waals surface area contributed by atoms with Crippen LogP contribution in [0.2, 0.25) is 0 Å². The summed E-state index contributed by atoms with van der Waals surface area (Å²) >= 11 is 0. The molecule has 0 radical (unpaired) electrons. The Labute approximate surface area is 495 Å². The molecular weight excluding hydrogens is 977 g/mol. The quantitative estimate of drug-likeness (QED) is 0.0342. The first-order valence-electron chi connectivity index (χ1n) is 35.9. The van der Waals surface area contributed by atoms with Crippen LogP contribution in [0, 0.1) is 0 Å². The Bertz CT molecular complexity index is 1140. The summed E-state index contributed by atoms with van der Waals surface area (Å²) in [7, 11) is 0. The summed E-state index contributed by atoms with van der Waals surface area (Å²) < 4.78 is 48.0. The van der Waals surface area contributed by atoms with Gasteiger partial charge in [-0.05, 0) is 51.4 Å². The molecule has 0 bridgehead atoms. The molecule has 0 spiro atoms. The molecular formula is C72H142O7. The fourth-order valence-corrected chi connectivity index (χ4v) is 10.8. The average Bonchev–Trinajstić information content (AvgIpc) is 3.46. The zero-order chi connectivity index (χ0) is 57.4. The van der Waals surface area contributed by atoms with Crippen molar-refractivity contribution in [1.29, 1.82) is 0 Å². The van der Waals surface area contributed by atoms with Crippen LogP contribution in [-0.4, -0.2) is 52.2 Å². The molecule has 7 heteroatoms. The maximum atomic E-state index is 6.98. The van der Waals surface area contributed by atoms with Gasteiger partial charge >= 0.3 is 0 Å². The fraction of sp³-hybridized carbons (Fsp3) is 0.944. The highest BCUT2D eigenvalue weighted by Gasteiger charge is 2.25. The van der Waals surface area contributed by atoms with Crippen molar-refractivity contribution < 1.29 is 33.2 Å². The number of allylic oxidation sites excluding steroid dienone is 2. The minimum Gasteiger partial charge on any atom is -0.494 e. The van der Waals surface area contributed by atoms with E-state index >= 15 is 0 Å².